The van der Waals surface area contributed by atoms with E-state index in [0.29, 0.717) is 0 Å². The summed E-state index contributed by atoms with van der Waals surface area (Å²) < 4.78 is 59.2. The molecule has 3 rings (SSSR count). The van der Waals surface area contributed by atoms with Crippen molar-refractivity contribution in [1.82, 2.24) is 0 Å². The van der Waals surface area contributed by atoms with Crippen molar-refractivity contribution in [1.29, 1.82) is 0 Å². The maximum atomic E-state index is 10.8. The fourth-order valence-electron chi connectivity index (χ4n) is 1.83. The van der Waals surface area contributed by atoms with Crippen molar-refractivity contribution in [3.05, 3.63) is 110 Å². The van der Waals surface area contributed by atoms with Crippen molar-refractivity contribution >= 4 is 7.81 Å². The van der Waals surface area contributed by atoms with E-state index in [1.165, 1.54) is 6.42 Å². The number of hydrogen-bond acceptors (Lipinski definition) is 2. The standard InChI is InChI=1S/C14H10NO2.C5H5.F6P.Fe/c16-15(17)14-9-5-4-8-13(14)11-10-12-6-2-1-3-7-12;1-2-4-5-3-1;1-7(2,3,4,5)6;/h1-9,13H;1-5H;;/q;;-1;/t13-;;;/m1.../s1. The molecule has 2 aliphatic carbocycles. The van der Waals surface area contributed by atoms with E-state index in [0.717, 1.165) is 5.56 Å². The van der Waals surface area contributed by atoms with Gasteiger partial charge in [0, 0.05) is 27.6 Å². The van der Waals surface area contributed by atoms with E-state index in [4.69, 9.17) is 0 Å². The van der Waals surface area contributed by atoms with Gasteiger partial charge in [0.15, 0.2) is 0 Å². The van der Waals surface area contributed by atoms with Gasteiger partial charge in [0.2, 0.25) is 0 Å². The molecule has 30 heavy (non-hydrogen) atoms. The van der Waals surface area contributed by atoms with E-state index in [1.807, 2.05) is 62.4 Å². The molecule has 2 saturated carbocycles. The monoisotopic (exact) mass is 490 g/mol. The first-order valence-electron chi connectivity index (χ1n) is 7.88. The number of nitrogens with zero attached hydrogens (tertiary/aromatic N) is 1. The molecule has 1 atom stereocenters. The molecular formula is C19H15F6FeNO2P-. The third-order valence-corrected chi connectivity index (χ3v) is 2.91. The molecule has 1 aromatic carbocycles. The van der Waals surface area contributed by atoms with Crippen LogP contribution in [0.4, 0.5) is 25.2 Å². The number of benzene rings is 1. The second-order valence-electron chi connectivity index (χ2n) is 5.46. The maximum absolute atomic E-state index is 10.8. The van der Waals surface area contributed by atoms with E-state index in [1.54, 1.807) is 19.3 Å². The normalized spacial score (nSPS) is 20.9. The Morgan fingerprint density at radius 3 is 1.73 bits per heavy atom. The predicted molar refractivity (Wildman–Crippen MR) is 99.3 cm³/mol. The largest absolute Gasteiger partial charge is 0.309 e. The molecule has 11 heteroatoms. The molecule has 0 unspecified atom stereocenters. The van der Waals surface area contributed by atoms with Crippen molar-refractivity contribution in [3.8, 4) is 11.8 Å². The zero-order valence-corrected chi connectivity index (χ0v) is 17.0. The number of rotatable bonds is 1. The Morgan fingerprint density at radius 2 is 1.30 bits per heavy atom. The maximum Gasteiger partial charge on any atom is 0.309 e. The summed E-state index contributed by atoms with van der Waals surface area (Å²) >= 11 is 0. The van der Waals surface area contributed by atoms with Crippen LogP contribution < -0.4 is 0 Å². The van der Waals surface area contributed by atoms with Crippen LogP contribution >= 0.6 is 7.81 Å². The zero-order chi connectivity index (χ0) is 22.0. The van der Waals surface area contributed by atoms with Gasteiger partial charge in [-0.1, -0.05) is 30.0 Å². The van der Waals surface area contributed by atoms with Crippen molar-refractivity contribution in [2.24, 2.45) is 5.92 Å². The van der Waals surface area contributed by atoms with Crippen LogP contribution in [0.15, 0.2) is 30.3 Å². The Kier molecular flexibility index (Phi) is 10.9. The minimum absolute atomic E-state index is 0. The van der Waals surface area contributed by atoms with Gasteiger partial charge in [-0.3, -0.25) is 10.1 Å². The second kappa shape index (κ2) is 11.4. The number of hydrogen-bond donors (Lipinski definition) is 0. The number of halogens is 6. The summed E-state index contributed by atoms with van der Waals surface area (Å²) in [4.78, 5) is 10.4. The van der Waals surface area contributed by atoms with Crippen molar-refractivity contribution in [3.63, 3.8) is 0 Å². The molecule has 0 aromatic heterocycles. The van der Waals surface area contributed by atoms with Gasteiger partial charge in [0.25, 0.3) is 0 Å². The Balaban J connectivity index is 0.000000535. The van der Waals surface area contributed by atoms with Gasteiger partial charge in [-0.15, -0.1) is 0 Å². The first-order valence-corrected chi connectivity index (χ1v) is 9.91. The predicted octanol–water partition coefficient (Wildman–Crippen LogP) is 6.70. The molecule has 0 aliphatic heterocycles. The minimum atomic E-state index is -10.7. The summed E-state index contributed by atoms with van der Waals surface area (Å²) in [6.07, 6.45) is 16.6. The molecule has 0 N–H and O–H groups in total. The molecule has 0 heterocycles. The molecule has 2 aliphatic rings. The molecule has 1 aromatic rings. The van der Waals surface area contributed by atoms with Crippen LogP contribution in [-0.2, 0) is 17.1 Å². The summed E-state index contributed by atoms with van der Waals surface area (Å²) in [6, 6.07) is 9.55. The Bertz CT molecular complexity index is 696. The fraction of sp³-hybridized carbons (Fsp3) is 0.0526. The van der Waals surface area contributed by atoms with Crippen LogP contribution in [-0.4, -0.2) is 4.92 Å². The van der Waals surface area contributed by atoms with E-state index in [-0.39, 0.29) is 28.0 Å². The summed E-state index contributed by atoms with van der Waals surface area (Å²) in [5.74, 6) is 5.41. The van der Waals surface area contributed by atoms with Gasteiger partial charge in [-0.05, 0) is 63.5 Å². The van der Waals surface area contributed by atoms with Crippen LogP contribution in [0.2, 0.25) is 0 Å². The third kappa shape index (κ3) is 17.6. The summed E-state index contributed by atoms with van der Waals surface area (Å²) in [5, 5.41) is 10.8. The van der Waals surface area contributed by atoms with Crippen LogP contribution in [0.3, 0.4) is 0 Å². The van der Waals surface area contributed by atoms with Gasteiger partial charge >= 0.3 is 39.0 Å². The van der Waals surface area contributed by atoms with Crippen molar-refractivity contribution < 1.29 is 47.2 Å². The van der Waals surface area contributed by atoms with Gasteiger partial charge in [-0.25, -0.2) is 0 Å². The topological polar surface area (TPSA) is 43.1 Å². The third-order valence-electron chi connectivity index (χ3n) is 2.91. The molecule has 0 bridgehead atoms. The van der Waals surface area contributed by atoms with Crippen LogP contribution in [0.25, 0.3) is 0 Å². The van der Waals surface area contributed by atoms with Gasteiger partial charge in [-0.2, -0.15) is 0 Å². The van der Waals surface area contributed by atoms with Gasteiger partial charge in [0.1, 0.15) is 5.92 Å². The first kappa shape index (κ1) is 28.7. The molecule has 2 fully saturated rings. The fourth-order valence-corrected chi connectivity index (χ4v) is 1.83. The van der Waals surface area contributed by atoms with E-state index < -0.39 is 13.7 Å². The summed E-state index contributed by atoms with van der Waals surface area (Å²) in [5.41, 5.74) is 0.859. The number of nitro groups is 1. The SMILES string of the molecule is F[P-](F)(F)(F)(F)F.O=[N+]([O-])[C]1[CH][CH][CH][CH][C@@H]1C#Cc1ccccc1.[CH]1[CH][CH][CH][CH]1.[Fe]. The second-order valence-corrected chi connectivity index (χ2v) is 7.38. The molecule has 0 spiro atoms. The molecule has 3 nitrogen and oxygen atoms in total. The molecular weight excluding hydrogens is 475 g/mol. The Hall–Kier alpha value is -1.29. The Morgan fingerprint density at radius 1 is 0.833 bits per heavy atom. The first-order chi connectivity index (χ1) is 13.2. The molecule has 10 radical (unpaired) electrons. The van der Waals surface area contributed by atoms with E-state index >= 15 is 0 Å². The molecule has 0 amide bonds. The van der Waals surface area contributed by atoms with E-state index in [9.17, 15) is 35.3 Å². The molecule has 0 saturated heterocycles. The van der Waals surface area contributed by atoms with Crippen LogP contribution in [0.1, 0.15) is 5.56 Å². The van der Waals surface area contributed by atoms with Crippen LogP contribution in [0.5, 0.6) is 0 Å². The smallest absolute Gasteiger partial charge is 0.264 e. The summed E-state index contributed by atoms with van der Waals surface area (Å²) in [6.45, 7) is 0. The van der Waals surface area contributed by atoms with E-state index in [2.05, 4.69) is 11.8 Å². The quantitative estimate of drug-likeness (QED) is 0.110. The zero-order valence-electron chi connectivity index (χ0n) is 15.0. The van der Waals surface area contributed by atoms with Gasteiger partial charge in [0.05, 0.1) is 6.42 Å². The average molecular weight is 490 g/mol. The average Bonchev–Trinajstić information content (AvgIpc) is 3.18. The molecule has 164 valence electrons. The van der Waals surface area contributed by atoms with Crippen LogP contribution in [0, 0.1) is 91.7 Å². The Labute approximate surface area is 182 Å². The summed E-state index contributed by atoms with van der Waals surface area (Å²) in [7, 11) is -10.7. The van der Waals surface area contributed by atoms with Gasteiger partial charge < -0.3 is 0 Å². The van der Waals surface area contributed by atoms with Crippen molar-refractivity contribution in [2.75, 3.05) is 0 Å². The van der Waals surface area contributed by atoms with Crippen molar-refractivity contribution in [2.45, 2.75) is 0 Å². The minimum Gasteiger partial charge on any atom is -0.264 e.